The Kier molecular flexibility index (Phi) is 4.59. The monoisotopic (exact) mass is 331 g/mol. The summed E-state index contributed by atoms with van der Waals surface area (Å²) in [6, 6.07) is 8.92. The Morgan fingerprint density at radius 3 is 2.75 bits per heavy atom. The molecule has 1 fully saturated rings. The minimum absolute atomic E-state index is 0.0910. The van der Waals surface area contributed by atoms with E-state index < -0.39 is 17.8 Å². The number of hydrogen-bond donors (Lipinski definition) is 3. The van der Waals surface area contributed by atoms with Crippen molar-refractivity contribution in [2.45, 2.75) is 19.0 Å². The number of rotatable bonds is 6. The van der Waals surface area contributed by atoms with Crippen LogP contribution in [0.15, 0.2) is 35.1 Å². The summed E-state index contributed by atoms with van der Waals surface area (Å²) in [4.78, 5) is 39.1. The van der Waals surface area contributed by atoms with Crippen molar-refractivity contribution in [1.29, 1.82) is 0 Å². The summed E-state index contributed by atoms with van der Waals surface area (Å²) in [7, 11) is 0. The highest BCUT2D eigenvalue weighted by Gasteiger charge is 2.32. The highest BCUT2D eigenvalue weighted by atomic mass is 16.6. The van der Waals surface area contributed by atoms with Gasteiger partial charge in [-0.25, -0.2) is 14.7 Å². The predicted molar refractivity (Wildman–Crippen MR) is 82.9 cm³/mol. The van der Waals surface area contributed by atoms with Crippen molar-refractivity contribution in [2.24, 2.45) is 0 Å². The largest absolute Gasteiger partial charge is 0.448 e. The fourth-order valence-corrected chi connectivity index (χ4v) is 2.59. The molecule has 126 valence electrons. The molecule has 1 unspecified atom stereocenters. The third-order valence-electron chi connectivity index (χ3n) is 3.73. The third-order valence-corrected chi connectivity index (χ3v) is 3.73. The van der Waals surface area contributed by atoms with Crippen LogP contribution in [-0.4, -0.2) is 45.2 Å². The zero-order valence-electron chi connectivity index (χ0n) is 12.8. The predicted octanol–water partition coefficient (Wildman–Crippen LogP) is 0.298. The molecule has 9 heteroatoms. The number of nitrogens with zero attached hydrogens (tertiary/aromatic N) is 2. The standard InChI is InChI=1S/C15H17N5O4/c21-13(16-9-12-17-14(22)19-18-12)8-11(10-4-2-1-3-5-10)20-6-7-24-15(20)23/h1-5,11H,6-9H2,(H,16,21)(H2,17,18,19,22). The van der Waals surface area contributed by atoms with Crippen LogP contribution in [0.5, 0.6) is 0 Å². The molecular weight excluding hydrogens is 314 g/mol. The van der Waals surface area contributed by atoms with Gasteiger partial charge in [0.25, 0.3) is 0 Å². The van der Waals surface area contributed by atoms with E-state index >= 15 is 0 Å². The second-order valence-corrected chi connectivity index (χ2v) is 5.34. The van der Waals surface area contributed by atoms with Crippen molar-refractivity contribution < 1.29 is 14.3 Å². The number of H-pyrrole nitrogens is 2. The van der Waals surface area contributed by atoms with Gasteiger partial charge in [-0.05, 0) is 5.56 Å². The van der Waals surface area contributed by atoms with Gasteiger partial charge >= 0.3 is 11.8 Å². The Morgan fingerprint density at radius 2 is 2.12 bits per heavy atom. The molecule has 24 heavy (non-hydrogen) atoms. The van der Waals surface area contributed by atoms with Gasteiger partial charge in [-0.15, -0.1) is 0 Å². The quantitative estimate of drug-likeness (QED) is 0.703. The van der Waals surface area contributed by atoms with Crippen LogP contribution in [0.25, 0.3) is 0 Å². The van der Waals surface area contributed by atoms with E-state index in [0.717, 1.165) is 5.56 Å². The van der Waals surface area contributed by atoms with Crippen LogP contribution >= 0.6 is 0 Å². The van der Waals surface area contributed by atoms with Crippen LogP contribution in [0, 0.1) is 0 Å². The SMILES string of the molecule is O=C(CC(c1ccccc1)N1CCOC1=O)NCc1n[nH]c(=O)[nH]1. The molecule has 0 aliphatic carbocycles. The molecule has 3 rings (SSSR count). The van der Waals surface area contributed by atoms with Crippen LogP contribution in [-0.2, 0) is 16.1 Å². The van der Waals surface area contributed by atoms with Crippen molar-refractivity contribution >= 4 is 12.0 Å². The van der Waals surface area contributed by atoms with Gasteiger partial charge < -0.3 is 10.1 Å². The maximum Gasteiger partial charge on any atom is 0.410 e. The molecule has 0 saturated carbocycles. The molecular formula is C15H17N5O4. The number of nitrogens with one attached hydrogen (secondary N) is 3. The van der Waals surface area contributed by atoms with Crippen molar-refractivity contribution in [3.8, 4) is 0 Å². The molecule has 1 aliphatic heterocycles. The van der Waals surface area contributed by atoms with Crippen LogP contribution in [0.3, 0.4) is 0 Å². The van der Waals surface area contributed by atoms with Gasteiger partial charge in [-0.1, -0.05) is 30.3 Å². The van der Waals surface area contributed by atoms with E-state index in [1.54, 1.807) is 4.90 Å². The first-order chi connectivity index (χ1) is 11.6. The normalized spacial score (nSPS) is 15.2. The molecule has 0 spiro atoms. The van der Waals surface area contributed by atoms with E-state index in [1.165, 1.54) is 0 Å². The van der Waals surface area contributed by atoms with E-state index in [2.05, 4.69) is 20.5 Å². The average molecular weight is 331 g/mol. The Bertz CT molecular complexity index is 769. The Hall–Kier alpha value is -3.10. The fraction of sp³-hybridized carbons (Fsp3) is 0.333. The molecule has 9 nitrogen and oxygen atoms in total. The lowest BCUT2D eigenvalue weighted by molar-refractivity contribution is -0.122. The van der Waals surface area contributed by atoms with Crippen molar-refractivity contribution in [3.63, 3.8) is 0 Å². The number of aromatic amines is 2. The van der Waals surface area contributed by atoms with Crippen LogP contribution in [0.4, 0.5) is 4.79 Å². The van der Waals surface area contributed by atoms with Crippen LogP contribution in [0.1, 0.15) is 23.9 Å². The lowest BCUT2D eigenvalue weighted by Gasteiger charge is -2.25. The summed E-state index contributed by atoms with van der Waals surface area (Å²) >= 11 is 0. The van der Waals surface area contributed by atoms with Gasteiger partial charge in [0.05, 0.1) is 25.6 Å². The minimum Gasteiger partial charge on any atom is -0.448 e. The molecule has 0 radical (unpaired) electrons. The van der Waals surface area contributed by atoms with E-state index in [0.29, 0.717) is 19.0 Å². The lowest BCUT2D eigenvalue weighted by atomic mass is 10.0. The Morgan fingerprint density at radius 1 is 1.33 bits per heavy atom. The van der Waals surface area contributed by atoms with Gasteiger partial charge in [0.1, 0.15) is 12.4 Å². The molecule has 3 N–H and O–H groups in total. The summed E-state index contributed by atoms with van der Waals surface area (Å²) in [5, 5.41) is 8.63. The summed E-state index contributed by atoms with van der Waals surface area (Å²) in [6.45, 7) is 0.861. The second-order valence-electron chi connectivity index (χ2n) is 5.34. The maximum absolute atomic E-state index is 12.3. The van der Waals surface area contributed by atoms with Crippen molar-refractivity contribution in [2.75, 3.05) is 13.2 Å². The summed E-state index contributed by atoms with van der Waals surface area (Å²) in [5.74, 6) is 0.0811. The lowest BCUT2D eigenvalue weighted by Crippen LogP contribution is -2.34. The van der Waals surface area contributed by atoms with Gasteiger partial charge in [0.15, 0.2) is 0 Å². The number of cyclic esters (lactones) is 1. The number of aromatic nitrogens is 3. The van der Waals surface area contributed by atoms with Gasteiger partial charge in [0.2, 0.25) is 5.91 Å². The highest BCUT2D eigenvalue weighted by molar-refractivity contribution is 5.78. The van der Waals surface area contributed by atoms with E-state index in [4.69, 9.17) is 4.74 Å². The zero-order valence-corrected chi connectivity index (χ0v) is 12.8. The minimum atomic E-state index is -0.429. The first kappa shape index (κ1) is 15.8. The molecule has 1 aromatic heterocycles. The van der Waals surface area contributed by atoms with E-state index in [-0.39, 0.29) is 18.9 Å². The molecule has 2 heterocycles. The van der Waals surface area contributed by atoms with E-state index in [9.17, 15) is 14.4 Å². The molecule has 1 saturated heterocycles. The second kappa shape index (κ2) is 6.99. The van der Waals surface area contributed by atoms with E-state index in [1.807, 2.05) is 30.3 Å². The molecule has 1 aromatic carbocycles. The maximum atomic E-state index is 12.3. The van der Waals surface area contributed by atoms with Crippen LogP contribution < -0.4 is 11.0 Å². The Labute approximate surface area is 137 Å². The highest BCUT2D eigenvalue weighted by Crippen LogP contribution is 2.27. The number of carbonyl (C=O) groups excluding carboxylic acids is 2. The summed E-state index contributed by atoms with van der Waals surface area (Å²) in [5.41, 5.74) is 0.431. The Balaban J connectivity index is 1.68. The number of carbonyl (C=O) groups is 2. The number of benzene rings is 1. The molecule has 1 aliphatic rings. The van der Waals surface area contributed by atoms with Gasteiger partial charge in [-0.2, -0.15) is 5.10 Å². The number of ether oxygens (including phenoxy) is 1. The molecule has 2 amide bonds. The zero-order chi connectivity index (χ0) is 16.9. The molecule has 0 bridgehead atoms. The van der Waals surface area contributed by atoms with Gasteiger partial charge in [0, 0.05) is 0 Å². The third kappa shape index (κ3) is 3.62. The first-order valence-electron chi connectivity index (χ1n) is 7.52. The first-order valence-corrected chi connectivity index (χ1v) is 7.52. The average Bonchev–Trinajstić information content (AvgIpc) is 3.20. The summed E-state index contributed by atoms with van der Waals surface area (Å²) in [6.07, 6.45) is -0.332. The van der Waals surface area contributed by atoms with Crippen LogP contribution in [0.2, 0.25) is 0 Å². The number of hydrogen-bond acceptors (Lipinski definition) is 5. The smallest absolute Gasteiger partial charge is 0.410 e. The summed E-state index contributed by atoms with van der Waals surface area (Å²) < 4.78 is 4.98. The van der Waals surface area contributed by atoms with Gasteiger partial charge in [-0.3, -0.25) is 14.7 Å². The fourth-order valence-electron chi connectivity index (χ4n) is 2.59. The van der Waals surface area contributed by atoms with Crippen molar-refractivity contribution in [3.05, 3.63) is 52.2 Å². The molecule has 1 atom stereocenters. The molecule has 2 aromatic rings. The van der Waals surface area contributed by atoms with Crippen molar-refractivity contribution in [1.82, 2.24) is 25.4 Å². The number of amides is 2. The topological polar surface area (TPSA) is 120 Å².